The lowest BCUT2D eigenvalue weighted by molar-refractivity contribution is -0.117. The summed E-state index contributed by atoms with van der Waals surface area (Å²) in [5.41, 5.74) is 0.279. The van der Waals surface area contributed by atoms with Gasteiger partial charge in [-0.3, -0.25) is 4.79 Å². The predicted octanol–water partition coefficient (Wildman–Crippen LogP) is 5.00. The van der Waals surface area contributed by atoms with Crippen LogP contribution < -0.4 is 0 Å². The van der Waals surface area contributed by atoms with E-state index in [1.54, 1.807) is 48.5 Å². The van der Waals surface area contributed by atoms with Gasteiger partial charge in [-0.25, -0.2) is 0 Å². The topological polar surface area (TPSA) is 40.9 Å². The number of benzene rings is 2. The normalized spacial score (nSPS) is 11.0. The summed E-state index contributed by atoms with van der Waals surface area (Å²) in [5.74, 6) is -0.335. The van der Waals surface area contributed by atoms with Gasteiger partial charge < -0.3 is 0 Å². The molecule has 112 valence electrons. The molecule has 0 amide bonds. The molecule has 0 aliphatic rings. The fourth-order valence-corrected chi connectivity index (χ4v) is 2.70. The summed E-state index contributed by atoms with van der Waals surface area (Å²) in [6, 6.07) is 16.1. The zero-order chi connectivity index (χ0) is 16.2. The Morgan fingerprint density at radius 3 is 1.68 bits per heavy atom. The molecule has 0 radical (unpaired) electrons. The molecule has 0 N–H and O–H groups in total. The van der Waals surface area contributed by atoms with Gasteiger partial charge in [-0.05, 0) is 35.4 Å². The number of nitrogens with zero attached hydrogens (tertiary/aromatic N) is 1. The van der Waals surface area contributed by atoms with Gasteiger partial charge in [0.2, 0.25) is 0 Å². The van der Waals surface area contributed by atoms with E-state index in [0.717, 1.165) is 0 Å². The minimum atomic E-state index is -1.11. The molecular formula is C17H12Cl3NO. The summed E-state index contributed by atoms with van der Waals surface area (Å²) in [7, 11) is 0. The maximum atomic E-state index is 11.9. The number of hydrogen-bond donors (Lipinski definition) is 0. The van der Waals surface area contributed by atoms with E-state index in [2.05, 4.69) is 6.07 Å². The molecule has 5 heteroatoms. The second-order valence-electron chi connectivity index (χ2n) is 4.88. The molecule has 0 saturated heterocycles. The van der Waals surface area contributed by atoms with Crippen LogP contribution in [-0.2, 0) is 10.2 Å². The Morgan fingerprint density at radius 1 is 0.955 bits per heavy atom. The van der Waals surface area contributed by atoms with E-state index in [1.807, 2.05) is 0 Å². The first kappa shape index (κ1) is 16.8. The van der Waals surface area contributed by atoms with Crippen LogP contribution in [0, 0.1) is 11.3 Å². The third-order valence-electron chi connectivity index (χ3n) is 3.48. The number of alkyl halides is 1. The average Bonchev–Trinajstić information content (AvgIpc) is 2.54. The van der Waals surface area contributed by atoms with Gasteiger partial charge in [0.25, 0.3) is 0 Å². The predicted molar refractivity (Wildman–Crippen MR) is 89.6 cm³/mol. The van der Waals surface area contributed by atoms with Crippen molar-refractivity contribution in [1.29, 1.82) is 5.26 Å². The molecular weight excluding hydrogens is 341 g/mol. The Bertz CT molecular complexity index is 657. The summed E-state index contributed by atoms with van der Waals surface area (Å²) in [6.45, 7) is 0. The summed E-state index contributed by atoms with van der Waals surface area (Å²) in [4.78, 5) is 11.9. The van der Waals surface area contributed by atoms with Crippen molar-refractivity contribution in [2.75, 3.05) is 5.88 Å². The van der Waals surface area contributed by atoms with Gasteiger partial charge in [-0.15, -0.1) is 11.6 Å². The molecule has 0 aliphatic carbocycles. The molecule has 0 spiro atoms. The van der Waals surface area contributed by atoms with Crippen molar-refractivity contribution in [3.8, 4) is 6.07 Å². The van der Waals surface area contributed by atoms with E-state index < -0.39 is 5.41 Å². The van der Waals surface area contributed by atoms with Crippen molar-refractivity contribution in [1.82, 2.24) is 0 Å². The van der Waals surface area contributed by atoms with E-state index in [4.69, 9.17) is 34.8 Å². The van der Waals surface area contributed by atoms with Crippen LogP contribution >= 0.6 is 34.8 Å². The van der Waals surface area contributed by atoms with Gasteiger partial charge in [-0.1, -0.05) is 47.5 Å². The van der Waals surface area contributed by atoms with Crippen molar-refractivity contribution in [2.45, 2.75) is 11.8 Å². The Kier molecular flexibility index (Phi) is 5.47. The largest absolute Gasteiger partial charge is 0.298 e. The van der Waals surface area contributed by atoms with Gasteiger partial charge in [0.05, 0.1) is 11.9 Å². The maximum absolute atomic E-state index is 11.9. The first-order chi connectivity index (χ1) is 10.5. The van der Waals surface area contributed by atoms with E-state index >= 15 is 0 Å². The van der Waals surface area contributed by atoms with Crippen LogP contribution in [0.15, 0.2) is 48.5 Å². The number of ketones is 1. The molecule has 2 aromatic carbocycles. The second-order valence-corrected chi connectivity index (χ2v) is 6.02. The quantitative estimate of drug-likeness (QED) is 0.710. The summed E-state index contributed by atoms with van der Waals surface area (Å²) in [6.07, 6.45) is -0.00371. The summed E-state index contributed by atoms with van der Waals surface area (Å²) >= 11 is 17.5. The van der Waals surface area contributed by atoms with Crippen LogP contribution in [0.3, 0.4) is 0 Å². The standard InChI is InChI=1S/C17H12Cl3NO/c18-10-16(22)9-17(11-21,12-1-5-14(19)6-2-12)13-3-7-15(20)8-4-13/h1-8H,9-10H2. The number of rotatable bonds is 5. The van der Waals surface area contributed by atoms with E-state index in [9.17, 15) is 10.1 Å². The number of halogens is 3. The third kappa shape index (κ3) is 3.44. The third-order valence-corrected chi connectivity index (χ3v) is 4.28. The van der Waals surface area contributed by atoms with Crippen molar-refractivity contribution < 1.29 is 4.79 Å². The van der Waals surface area contributed by atoms with Gasteiger partial charge in [0.1, 0.15) is 11.2 Å². The molecule has 0 unspecified atom stereocenters. The maximum Gasteiger partial charge on any atom is 0.149 e. The van der Waals surface area contributed by atoms with Crippen molar-refractivity contribution >= 4 is 40.6 Å². The van der Waals surface area contributed by atoms with Crippen molar-refractivity contribution in [2.24, 2.45) is 0 Å². The zero-order valence-corrected chi connectivity index (χ0v) is 13.8. The second kappa shape index (κ2) is 7.15. The van der Waals surface area contributed by atoms with Crippen LogP contribution in [0.4, 0.5) is 0 Å². The Hall–Kier alpha value is -1.53. The smallest absolute Gasteiger partial charge is 0.149 e. The summed E-state index contributed by atoms with van der Waals surface area (Å²) < 4.78 is 0. The highest BCUT2D eigenvalue weighted by molar-refractivity contribution is 6.31. The summed E-state index contributed by atoms with van der Waals surface area (Å²) in [5, 5.41) is 11.0. The van der Waals surface area contributed by atoms with E-state index in [0.29, 0.717) is 21.2 Å². The number of carbonyl (C=O) groups excluding carboxylic acids is 1. The van der Waals surface area contributed by atoms with E-state index in [1.165, 1.54) is 0 Å². The molecule has 0 aliphatic heterocycles. The zero-order valence-electron chi connectivity index (χ0n) is 11.5. The number of Topliss-reactive ketones (excluding diaryl/α,β-unsaturated/α-hetero) is 1. The SMILES string of the molecule is N#CC(CC(=O)CCl)(c1ccc(Cl)cc1)c1ccc(Cl)cc1. The average molecular weight is 353 g/mol. The molecule has 2 nitrogen and oxygen atoms in total. The number of hydrogen-bond acceptors (Lipinski definition) is 2. The first-order valence-electron chi connectivity index (χ1n) is 6.53. The van der Waals surface area contributed by atoms with Gasteiger partial charge in [-0.2, -0.15) is 5.26 Å². The van der Waals surface area contributed by atoms with Crippen molar-refractivity contribution in [3.05, 3.63) is 69.7 Å². The van der Waals surface area contributed by atoms with Gasteiger partial charge in [0.15, 0.2) is 0 Å². The fraction of sp³-hybridized carbons (Fsp3) is 0.176. The molecule has 0 atom stereocenters. The Morgan fingerprint density at radius 2 is 1.36 bits per heavy atom. The molecule has 0 heterocycles. The Balaban J connectivity index is 2.61. The first-order valence-corrected chi connectivity index (χ1v) is 7.82. The van der Waals surface area contributed by atoms with Crippen LogP contribution in [0.5, 0.6) is 0 Å². The van der Waals surface area contributed by atoms with Crippen LogP contribution in [-0.4, -0.2) is 11.7 Å². The molecule has 0 saturated carbocycles. The van der Waals surface area contributed by atoms with Crippen LogP contribution in [0.1, 0.15) is 17.5 Å². The highest BCUT2D eigenvalue weighted by Gasteiger charge is 2.36. The molecule has 0 fully saturated rings. The van der Waals surface area contributed by atoms with Gasteiger partial charge >= 0.3 is 0 Å². The highest BCUT2D eigenvalue weighted by Crippen LogP contribution is 2.36. The molecule has 22 heavy (non-hydrogen) atoms. The monoisotopic (exact) mass is 351 g/mol. The lowest BCUT2D eigenvalue weighted by Gasteiger charge is -2.27. The fourth-order valence-electron chi connectivity index (χ4n) is 2.35. The van der Waals surface area contributed by atoms with Crippen LogP contribution in [0.25, 0.3) is 0 Å². The number of nitriles is 1. The number of carbonyl (C=O) groups is 1. The molecule has 2 rings (SSSR count). The minimum absolute atomic E-state index is 0.00371. The van der Waals surface area contributed by atoms with E-state index in [-0.39, 0.29) is 18.1 Å². The molecule has 0 bridgehead atoms. The highest BCUT2D eigenvalue weighted by atomic mass is 35.5. The lowest BCUT2D eigenvalue weighted by Crippen LogP contribution is -2.29. The van der Waals surface area contributed by atoms with Crippen molar-refractivity contribution in [3.63, 3.8) is 0 Å². The lowest BCUT2D eigenvalue weighted by atomic mass is 9.72. The minimum Gasteiger partial charge on any atom is -0.298 e. The molecule has 2 aromatic rings. The van der Waals surface area contributed by atoms with Gasteiger partial charge in [0, 0.05) is 16.5 Å². The Labute approximate surface area is 144 Å². The van der Waals surface area contributed by atoms with Crippen LogP contribution in [0.2, 0.25) is 10.0 Å². The molecule has 0 aromatic heterocycles.